The fourth-order valence-electron chi connectivity index (χ4n) is 2.49. The van der Waals surface area contributed by atoms with Gasteiger partial charge in [0.2, 0.25) is 0 Å². The van der Waals surface area contributed by atoms with E-state index >= 15 is 0 Å². The summed E-state index contributed by atoms with van der Waals surface area (Å²) in [5.41, 5.74) is -0.443. The summed E-state index contributed by atoms with van der Waals surface area (Å²) in [6.07, 6.45) is 3.57. The maximum atomic E-state index is 12.1. The average Bonchev–Trinajstić information content (AvgIpc) is 2.79. The van der Waals surface area contributed by atoms with E-state index < -0.39 is 5.60 Å². The molecule has 0 aliphatic carbocycles. The van der Waals surface area contributed by atoms with Crippen molar-refractivity contribution in [1.82, 2.24) is 14.7 Å². The molecule has 0 radical (unpaired) electrons. The van der Waals surface area contributed by atoms with E-state index in [0.717, 1.165) is 23.1 Å². The van der Waals surface area contributed by atoms with Crippen molar-refractivity contribution in [2.24, 2.45) is 0 Å². The molecule has 7 heteroatoms. The van der Waals surface area contributed by atoms with Crippen LogP contribution in [0.4, 0.5) is 10.6 Å². The molecule has 1 aromatic heterocycles. The number of anilines is 1. The van der Waals surface area contributed by atoms with Gasteiger partial charge in [0, 0.05) is 33.4 Å². The Morgan fingerprint density at radius 2 is 1.95 bits per heavy atom. The highest BCUT2D eigenvalue weighted by atomic mass is 79.9. The Balaban J connectivity index is 1.95. The quantitative estimate of drug-likeness (QED) is 0.798. The van der Waals surface area contributed by atoms with Crippen molar-refractivity contribution in [3.05, 3.63) is 10.7 Å². The summed E-state index contributed by atoms with van der Waals surface area (Å²) in [7, 11) is 3.95. The SMILES string of the molecule is CN(C)c1nn(C2CCN(C(=O)OC(C)(C)C)CC2)cc1Br. The third kappa shape index (κ3) is 4.15. The third-order valence-electron chi connectivity index (χ3n) is 3.58. The number of amides is 1. The van der Waals surface area contributed by atoms with Gasteiger partial charge in [-0.25, -0.2) is 4.79 Å². The van der Waals surface area contributed by atoms with Gasteiger partial charge in [0.15, 0.2) is 5.82 Å². The number of hydrogen-bond acceptors (Lipinski definition) is 4. The zero-order valence-electron chi connectivity index (χ0n) is 14.0. The van der Waals surface area contributed by atoms with Crippen LogP contribution in [0.2, 0.25) is 0 Å². The Morgan fingerprint density at radius 1 is 1.36 bits per heavy atom. The van der Waals surface area contributed by atoms with Crippen molar-refractivity contribution in [2.45, 2.75) is 45.3 Å². The standard InChI is InChI=1S/C15H25BrN4O2/c1-15(2,3)22-14(21)19-8-6-11(7-9-19)20-10-12(16)13(17-20)18(4)5/h10-11H,6-9H2,1-5H3. The van der Waals surface area contributed by atoms with Gasteiger partial charge in [0.1, 0.15) is 5.60 Å². The Bertz CT molecular complexity index is 528. The zero-order chi connectivity index (χ0) is 16.5. The van der Waals surface area contributed by atoms with Gasteiger partial charge in [-0.15, -0.1) is 0 Å². The first-order valence-electron chi connectivity index (χ1n) is 7.57. The van der Waals surface area contributed by atoms with Gasteiger partial charge in [0.25, 0.3) is 0 Å². The van der Waals surface area contributed by atoms with E-state index in [1.54, 1.807) is 4.90 Å². The van der Waals surface area contributed by atoms with Crippen molar-refractivity contribution in [1.29, 1.82) is 0 Å². The van der Waals surface area contributed by atoms with E-state index in [-0.39, 0.29) is 6.09 Å². The second-order valence-corrected chi connectivity index (χ2v) is 7.73. The molecule has 0 saturated carbocycles. The largest absolute Gasteiger partial charge is 0.444 e. The van der Waals surface area contributed by atoms with E-state index in [2.05, 4.69) is 21.0 Å². The number of hydrogen-bond donors (Lipinski definition) is 0. The molecule has 1 aliphatic rings. The summed E-state index contributed by atoms with van der Waals surface area (Å²) >= 11 is 3.54. The molecule has 0 aromatic carbocycles. The minimum absolute atomic E-state index is 0.221. The van der Waals surface area contributed by atoms with E-state index in [1.807, 2.05) is 50.6 Å². The molecule has 1 fully saturated rings. The lowest BCUT2D eigenvalue weighted by Crippen LogP contribution is -2.42. The van der Waals surface area contributed by atoms with E-state index in [0.29, 0.717) is 19.1 Å². The third-order valence-corrected chi connectivity index (χ3v) is 4.14. The van der Waals surface area contributed by atoms with Gasteiger partial charge in [-0.2, -0.15) is 5.10 Å². The van der Waals surface area contributed by atoms with Crippen LogP contribution < -0.4 is 4.90 Å². The number of rotatable bonds is 2. The fourth-order valence-corrected chi connectivity index (χ4v) is 3.13. The van der Waals surface area contributed by atoms with E-state index in [9.17, 15) is 4.79 Å². The Morgan fingerprint density at radius 3 is 2.41 bits per heavy atom. The van der Waals surface area contributed by atoms with Gasteiger partial charge in [-0.05, 0) is 49.5 Å². The number of carbonyl (C=O) groups is 1. The lowest BCUT2D eigenvalue weighted by molar-refractivity contribution is 0.0185. The highest BCUT2D eigenvalue weighted by Crippen LogP contribution is 2.29. The minimum Gasteiger partial charge on any atom is -0.444 e. The summed E-state index contributed by atoms with van der Waals surface area (Å²) < 4.78 is 8.42. The van der Waals surface area contributed by atoms with Crippen LogP contribution in [0, 0.1) is 0 Å². The number of carbonyl (C=O) groups excluding carboxylic acids is 1. The molecule has 0 unspecified atom stereocenters. The summed E-state index contributed by atoms with van der Waals surface area (Å²) in [6.45, 7) is 7.08. The number of nitrogens with zero attached hydrogens (tertiary/aromatic N) is 4. The van der Waals surface area contributed by atoms with Crippen molar-refractivity contribution < 1.29 is 9.53 Å². The van der Waals surface area contributed by atoms with Crippen LogP contribution in [0.3, 0.4) is 0 Å². The van der Waals surface area contributed by atoms with Crippen molar-refractivity contribution >= 4 is 27.8 Å². The molecule has 1 amide bonds. The van der Waals surface area contributed by atoms with E-state index in [4.69, 9.17) is 4.74 Å². The van der Waals surface area contributed by atoms with Crippen LogP contribution in [-0.4, -0.2) is 53.6 Å². The van der Waals surface area contributed by atoms with Crippen LogP contribution in [0.25, 0.3) is 0 Å². The van der Waals surface area contributed by atoms with Gasteiger partial charge in [-0.1, -0.05) is 0 Å². The van der Waals surface area contributed by atoms with Crippen LogP contribution in [0.1, 0.15) is 39.7 Å². The molecular formula is C15H25BrN4O2. The molecule has 124 valence electrons. The molecule has 0 bridgehead atoms. The zero-order valence-corrected chi connectivity index (χ0v) is 15.6. The molecular weight excluding hydrogens is 348 g/mol. The second kappa shape index (κ2) is 6.48. The van der Waals surface area contributed by atoms with Crippen molar-refractivity contribution in [2.75, 3.05) is 32.1 Å². The first-order chi connectivity index (χ1) is 10.2. The predicted molar refractivity (Wildman–Crippen MR) is 90.3 cm³/mol. The molecule has 1 saturated heterocycles. The van der Waals surface area contributed by atoms with Gasteiger partial charge in [-0.3, -0.25) is 4.68 Å². The van der Waals surface area contributed by atoms with Crippen LogP contribution in [0.15, 0.2) is 10.7 Å². The van der Waals surface area contributed by atoms with Crippen molar-refractivity contribution in [3.8, 4) is 0 Å². The minimum atomic E-state index is -0.443. The maximum Gasteiger partial charge on any atom is 0.410 e. The second-order valence-electron chi connectivity index (χ2n) is 6.87. The molecule has 0 N–H and O–H groups in total. The molecule has 1 aromatic rings. The average molecular weight is 373 g/mol. The number of ether oxygens (including phenoxy) is 1. The summed E-state index contributed by atoms with van der Waals surface area (Å²) in [6, 6.07) is 0.323. The maximum absolute atomic E-state index is 12.1. The molecule has 1 aliphatic heterocycles. The van der Waals surface area contributed by atoms with Crippen LogP contribution in [0.5, 0.6) is 0 Å². The van der Waals surface area contributed by atoms with Gasteiger partial charge < -0.3 is 14.5 Å². The Labute approximate surface area is 140 Å². The first kappa shape index (κ1) is 17.1. The normalized spacial score (nSPS) is 16.7. The van der Waals surface area contributed by atoms with Gasteiger partial charge in [0.05, 0.1) is 10.5 Å². The first-order valence-corrected chi connectivity index (χ1v) is 8.36. The number of aromatic nitrogens is 2. The van der Waals surface area contributed by atoms with E-state index in [1.165, 1.54) is 0 Å². The van der Waals surface area contributed by atoms with Crippen molar-refractivity contribution in [3.63, 3.8) is 0 Å². The fraction of sp³-hybridized carbons (Fsp3) is 0.733. The number of likely N-dealkylation sites (tertiary alicyclic amines) is 1. The van der Waals surface area contributed by atoms with Crippen LogP contribution in [-0.2, 0) is 4.74 Å². The monoisotopic (exact) mass is 372 g/mol. The lowest BCUT2D eigenvalue weighted by Gasteiger charge is -2.33. The Hall–Kier alpha value is -1.24. The smallest absolute Gasteiger partial charge is 0.410 e. The summed E-state index contributed by atoms with van der Waals surface area (Å²) in [5.74, 6) is 0.926. The molecule has 22 heavy (non-hydrogen) atoms. The molecule has 6 nitrogen and oxygen atoms in total. The topological polar surface area (TPSA) is 50.6 Å². The predicted octanol–water partition coefficient (Wildman–Crippen LogP) is 3.28. The highest BCUT2D eigenvalue weighted by Gasteiger charge is 2.28. The molecule has 2 rings (SSSR count). The van der Waals surface area contributed by atoms with Gasteiger partial charge >= 0.3 is 6.09 Å². The molecule has 2 heterocycles. The summed E-state index contributed by atoms with van der Waals surface area (Å²) in [4.78, 5) is 15.8. The highest BCUT2D eigenvalue weighted by molar-refractivity contribution is 9.10. The lowest BCUT2D eigenvalue weighted by atomic mass is 10.1. The number of piperidine rings is 1. The number of halogens is 1. The molecule has 0 spiro atoms. The van der Waals surface area contributed by atoms with Crippen LogP contribution >= 0.6 is 15.9 Å². The molecule has 0 atom stereocenters. The Kier molecular flexibility index (Phi) is 5.04. The summed E-state index contributed by atoms with van der Waals surface area (Å²) in [5, 5.41) is 4.62.